The number of sulfonamides is 1. The Balaban J connectivity index is 1.87. The zero-order valence-corrected chi connectivity index (χ0v) is 17.0. The minimum absolute atomic E-state index is 0.0837. The second kappa shape index (κ2) is 7.92. The molecule has 0 saturated carbocycles. The van der Waals surface area contributed by atoms with Crippen LogP contribution in [0, 0.1) is 0 Å². The van der Waals surface area contributed by atoms with Crippen molar-refractivity contribution in [1.29, 1.82) is 0 Å². The second-order valence-electron chi connectivity index (χ2n) is 6.57. The summed E-state index contributed by atoms with van der Waals surface area (Å²) in [6.45, 7) is 1.49. The first-order valence-corrected chi connectivity index (χ1v) is 10.6. The van der Waals surface area contributed by atoms with Gasteiger partial charge < -0.3 is 15.2 Å². The van der Waals surface area contributed by atoms with E-state index in [1.54, 1.807) is 0 Å². The number of hydrogen-bond donors (Lipinski definition) is 3. The van der Waals surface area contributed by atoms with Crippen LogP contribution in [0.3, 0.4) is 0 Å². The number of carbonyl (C=O) groups excluding carboxylic acids is 2. The van der Waals surface area contributed by atoms with Crippen LogP contribution in [0.1, 0.15) is 23.1 Å². The number of amides is 2. The van der Waals surface area contributed by atoms with Crippen LogP contribution in [-0.4, -0.2) is 36.0 Å². The summed E-state index contributed by atoms with van der Waals surface area (Å²) in [6, 6.07) is 12.0. The van der Waals surface area contributed by atoms with Crippen molar-refractivity contribution in [2.24, 2.45) is 7.05 Å². The number of carbonyl (C=O) groups is 2. The van der Waals surface area contributed by atoms with Gasteiger partial charge in [-0.3, -0.25) is 14.3 Å². The number of para-hydroxylation sites is 2. The Morgan fingerprint density at radius 1 is 1.14 bits per heavy atom. The fraction of sp³-hybridized carbons (Fsp3) is 0.211. The highest BCUT2D eigenvalue weighted by atomic mass is 32.2. The van der Waals surface area contributed by atoms with Crippen LogP contribution in [0.15, 0.2) is 42.5 Å². The number of nitrogens with one attached hydrogen (secondary N) is 3. The molecule has 0 bridgehead atoms. The van der Waals surface area contributed by atoms with Crippen molar-refractivity contribution in [3.63, 3.8) is 0 Å². The van der Waals surface area contributed by atoms with Crippen LogP contribution in [0.4, 0.5) is 11.4 Å². The minimum atomic E-state index is -3.59. The van der Waals surface area contributed by atoms with E-state index in [-0.39, 0.29) is 23.7 Å². The van der Waals surface area contributed by atoms with E-state index in [1.807, 2.05) is 35.9 Å². The summed E-state index contributed by atoms with van der Waals surface area (Å²) >= 11 is 0. The van der Waals surface area contributed by atoms with E-state index >= 15 is 0 Å². The molecule has 10 heteroatoms. The number of imidazole rings is 1. The summed E-state index contributed by atoms with van der Waals surface area (Å²) < 4.78 is 27.5. The molecule has 2 aromatic carbocycles. The van der Waals surface area contributed by atoms with E-state index < -0.39 is 15.9 Å². The zero-order valence-electron chi connectivity index (χ0n) is 16.2. The summed E-state index contributed by atoms with van der Waals surface area (Å²) in [4.78, 5) is 28.6. The average molecular weight is 415 g/mol. The number of aromatic nitrogens is 2. The van der Waals surface area contributed by atoms with Gasteiger partial charge in [0.25, 0.3) is 5.91 Å². The third-order valence-corrected chi connectivity index (χ3v) is 4.76. The predicted molar refractivity (Wildman–Crippen MR) is 111 cm³/mol. The molecule has 0 atom stereocenters. The molecule has 3 aromatic rings. The van der Waals surface area contributed by atoms with Gasteiger partial charge in [0.05, 0.1) is 35.1 Å². The number of rotatable bonds is 6. The third kappa shape index (κ3) is 4.91. The lowest BCUT2D eigenvalue weighted by atomic mass is 10.1. The van der Waals surface area contributed by atoms with E-state index in [9.17, 15) is 18.0 Å². The smallest absolute Gasteiger partial charge is 0.253 e. The molecule has 2 amide bonds. The van der Waals surface area contributed by atoms with Gasteiger partial charge in [-0.2, -0.15) is 0 Å². The van der Waals surface area contributed by atoms with Gasteiger partial charge in [-0.15, -0.1) is 0 Å². The fourth-order valence-corrected chi connectivity index (χ4v) is 3.49. The van der Waals surface area contributed by atoms with E-state index in [1.165, 1.54) is 25.1 Å². The largest absolute Gasteiger partial charge is 0.345 e. The van der Waals surface area contributed by atoms with Gasteiger partial charge in [0.15, 0.2) is 0 Å². The maximum atomic E-state index is 12.8. The highest BCUT2D eigenvalue weighted by molar-refractivity contribution is 7.92. The standard InChI is InChI=1S/C19H21N5O4S/c1-12(25)21-13-8-9-15(23-29(3,27)28)14(10-13)19(26)20-11-18-22-16-6-4-5-7-17(16)24(18)2/h4-10,23H,11H2,1-3H3,(H,20,26)(H,21,25). The summed E-state index contributed by atoms with van der Waals surface area (Å²) in [7, 11) is -1.74. The van der Waals surface area contributed by atoms with Crippen LogP contribution in [0.2, 0.25) is 0 Å². The maximum Gasteiger partial charge on any atom is 0.253 e. The average Bonchev–Trinajstić information content (AvgIpc) is 2.95. The van der Waals surface area contributed by atoms with Crippen molar-refractivity contribution in [3.05, 3.63) is 53.9 Å². The van der Waals surface area contributed by atoms with E-state index in [4.69, 9.17) is 0 Å². The van der Waals surface area contributed by atoms with Crippen LogP contribution in [0.25, 0.3) is 11.0 Å². The van der Waals surface area contributed by atoms with Crippen molar-refractivity contribution in [3.8, 4) is 0 Å². The van der Waals surface area contributed by atoms with Crippen LogP contribution in [0.5, 0.6) is 0 Å². The molecule has 29 heavy (non-hydrogen) atoms. The number of aryl methyl sites for hydroxylation is 1. The summed E-state index contributed by atoms with van der Waals surface area (Å²) in [5, 5.41) is 5.33. The minimum Gasteiger partial charge on any atom is -0.345 e. The maximum absolute atomic E-state index is 12.8. The number of fused-ring (bicyclic) bond motifs is 1. The molecule has 152 valence electrons. The topological polar surface area (TPSA) is 122 Å². The molecule has 3 rings (SSSR count). The summed E-state index contributed by atoms with van der Waals surface area (Å²) in [5.41, 5.74) is 2.32. The summed E-state index contributed by atoms with van der Waals surface area (Å²) in [5.74, 6) is -0.162. The molecule has 3 N–H and O–H groups in total. The van der Waals surface area contributed by atoms with Gasteiger partial charge in [0.2, 0.25) is 15.9 Å². The Bertz CT molecular complexity index is 1200. The first kappa shape index (κ1) is 20.3. The number of anilines is 2. The highest BCUT2D eigenvalue weighted by Gasteiger charge is 2.17. The Morgan fingerprint density at radius 3 is 2.52 bits per heavy atom. The molecular weight excluding hydrogens is 394 g/mol. The van der Waals surface area contributed by atoms with Gasteiger partial charge in [-0.25, -0.2) is 13.4 Å². The Labute approximate surface area is 168 Å². The molecule has 0 aliphatic heterocycles. The SMILES string of the molecule is CC(=O)Nc1ccc(NS(C)(=O)=O)c(C(=O)NCc2nc3ccccc3n2C)c1. The Kier molecular flexibility index (Phi) is 5.55. The lowest BCUT2D eigenvalue weighted by Gasteiger charge is -2.13. The Morgan fingerprint density at radius 2 is 1.86 bits per heavy atom. The molecule has 0 radical (unpaired) electrons. The third-order valence-electron chi connectivity index (χ3n) is 4.17. The molecule has 9 nitrogen and oxygen atoms in total. The van der Waals surface area contributed by atoms with Gasteiger partial charge in [-0.05, 0) is 30.3 Å². The van der Waals surface area contributed by atoms with E-state index in [0.29, 0.717) is 11.5 Å². The van der Waals surface area contributed by atoms with Crippen molar-refractivity contribution in [2.45, 2.75) is 13.5 Å². The summed E-state index contributed by atoms with van der Waals surface area (Å²) in [6.07, 6.45) is 0.996. The highest BCUT2D eigenvalue weighted by Crippen LogP contribution is 2.22. The first-order chi connectivity index (χ1) is 13.6. The van der Waals surface area contributed by atoms with E-state index in [2.05, 4.69) is 20.3 Å². The lowest BCUT2D eigenvalue weighted by Crippen LogP contribution is -2.26. The fourth-order valence-electron chi connectivity index (χ4n) is 2.91. The molecule has 1 heterocycles. The van der Waals surface area contributed by atoms with Gasteiger partial charge in [-0.1, -0.05) is 12.1 Å². The molecule has 0 unspecified atom stereocenters. The van der Waals surface area contributed by atoms with Crippen molar-refractivity contribution in [1.82, 2.24) is 14.9 Å². The number of benzene rings is 2. The van der Waals surface area contributed by atoms with E-state index in [0.717, 1.165) is 17.3 Å². The van der Waals surface area contributed by atoms with Crippen molar-refractivity contribution < 1.29 is 18.0 Å². The molecule has 0 spiro atoms. The molecule has 1 aromatic heterocycles. The van der Waals surface area contributed by atoms with Gasteiger partial charge >= 0.3 is 0 Å². The normalized spacial score (nSPS) is 11.3. The Hall–Kier alpha value is -3.40. The van der Waals surface area contributed by atoms with Crippen molar-refractivity contribution in [2.75, 3.05) is 16.3 Å². The predicted octanol–water partition coefficient (Wildman–Crippen LogP) is 1.83. The number of hydrogen-bond acceptors (Lipinski definition) is 5. The molecule has 0 fully saturated rings. The van der Waals surface area contributed by atoms with Gasteiger partial charge in [0, 0.05) is 19.7 Å². The van der Waals surface area contributed by atoms with Crippen LogP contribution in [-0.2, 0) is 28.4 Å². The first-order valence-electron chi connectivity index (χ1n) is 8.72. The molecule has 0 saturated heterocycles. The zero-order chi connectivity index (χ0) is 21.2. The van der Waals surface area contributed by atoms with Crippen LogP contribution < -0.4 is 15.4 Å². The second-order valence-corrected chi connectivity index (χ2v) is 8.32. The molecule has 0 aliphatic rings. The van der Waals surface area contributed by atoms with Crippen molar-refractivity contribution >= 4 is 44.2 Å². The monoisotopic (exact) mass is 415 g/mol. The number of nitrogens with zero attached hydrogens (tertiary/aromatic N) is 2. The van der Waals surface area contributed by atoms with Crippen LogP contribution >= 0.6 is 0 Å². The molecule has 0 aliphatic carbocycles. The quantitative estimate of drug-likeness (QED) is 0.567. The lowest BCUT2D eigenvalue weighted by molar-refractivity contribution is -0.114. The molecular formula is C19H21N5O4S. The van der Waals surface area contributed by atoms with Gasteiger partial charge in [0.1, 0.15) is 5.82 Å².